The van der Waals surface area contributed by atoms with E-state index in [2.05, 4.69) is 55.6 Å². The third kappa shape index (κ3) is 34.3. The third-order valence-corrected chi connectivity index (χ3v) is 13.4. The van der Waals surface area contributed by atoms with Crippen molar-refractivity contribution in [1.82, 2.24) is 5.32 Å². The summed E-state index contributed by atoms with van der Waals surface area (Å²) in [6.45, 7) is 3.33. The van der Waals surface area contributed by atoms with Crippen LogP contribution in [-0.4, -0.2) is 110 Å². The van der Waals surface area contributed by atoms with Gasteiger partial charge >= 0.3 is 0 Å². The SMILES string of the molecule is CC/C=C/CC/C=C/CC/C=C/CCCC(O)C(O)C(COC1OC(CO)C(O)C(O)C1O)NC(=O)C(O)CCCCCCCCCCCCCCCCCCCCCCCCCCCCC. The summed E-state index contributed by atoms with van der Waals surface area (Å²) in [6, 6.07) is -1.19. The van der Waals surface area contributed by atoms with Gasteiger partial charge in [0.15, 0.2) is 6.29 Å². The zero-order valence-electron chi connectivity index (χ0n) is 42.9. The van der Waals surface area contributed by atoms with E-state index in [-0.39, 0.29) is 12.8 Å². The molecule has 67 heavy (non-hydrogen) atoms. The van der Waals surface area contributed by atoms with Crippen molar-refractivity contribution >= 4 is 5.91 Å². The van der Waals surface area contributed by atoms with Gasteiger partial charge in [0.05, 0.1) is 25.4 Å². The lowest BCUT2D eigenvalue weighted by atomic mass is 9.98. The molecule has 11 nitrogen and oxygen atoms in total. The summed E-state index contributed by atoms with van der Waals surface area (Å²) in [6.07, 6.45) is 43.6. The minimum Gasteiger partial charge on any atom is -0.394 e. The number of aliphatic hydroxyl groups excluding tert-OH is 7. The molecule has 9 unspecified atom stereocenters. The first-order chi connectivity index (χ1) is 32.7. The van der Waals surface area contributed by atoms with Crippen LogP contribution < -0.4 is 5.32 Å². The predicted molar refractivity (Wildman–Crippen MR) is 275 cm³/mol. The van der Waals surface area contributed by atoms with E-state index in [1.807, 2.05) is 0 Å². The highest BCUT2D eigenvalue weighted by Crippen LogP contribution is 2.23. The van der Waals surface area contributed by atoms with Crippen molar-refractivity contribution in [3.8, 4) is 0 Å². The summed E-state index contributed by atoms with van der Waals surface area (Å²) < 4.78 is 11.1. The Kier molecular flexibility index (Phi) is 43.0. The van der Waals surface area contributed by atoms with Crippen molar-refractivity contribution in [3.05, 3.63) is 36.5 Å². The maximum absolute atomic E-state index is 13.1. The minimum atomic E-state index is -1.67. The van der Waals surface area contributed by atoms with Gasteiger partial charge in [0.1, 0.15) is 36.6 Å². The molecule has 0 saturated carbocycles. The van der Waals surface area contributed by atoms with E-state index in [9.17, 15) is 40.5 Å². The number of hydrogen-bond donors (Lipinski definition) is 8. The summed E-state index contributed by atoms with van der Waals surface area (Å²) in [5.41, 5.74) is 0. The second-order valence-electron chi connectivity index (χ2n) is 19.6. The molecule has 0 aromatic heterocycles. The summed E-state index contributed by atoms with van der Waals surface area (Å²) in [5, 5.41) is 75.9. The Morgan fingerprint density at radius 3 is 1.34 bits per heavy atom. The first-order valence-electron chi connectivity index (χ1n) is 27.9. The fourth-order valence-electron chi connectivity index (χ4n) is 8.89. The van der Waals surface area contributed by atoms with E-state index in [4.69, 9.17) is 9.47 Å². The van der Waals surface area contributed by atoms with Crippen molar-refractivity contribution in [3.63, 3.8) is 0 Å². The number of carbonyl (C=O) groups is 1. The summed E-state index contributed by atoms with van der Waals surface area (Å²) in [7, 11) is 0. The van der Waals surface area contributed by atoms with Crippen molar-refractivity contribution in [2.75, 3.05) is 13.2 Å². The van der Waals surface area contributed by atoms with Gasteiger partial charge in [-0.1, -0.05) is 224 Å². The predicted octanol–water partition coefficient (Wildman–Crippen LogP) is 11.1. The van der Waals surface area contributed by atoms with Gasteiger partial charge in [0.2, 0.25) is 5.91 Å². The zero-order chi connectivity index (χ0) is 49.0. The normalized spacial score (nSPS) is 20.9. The van der Waals surface area contributed by atoms with Crippen LogP contribution >= 0.6 is 0 Å². The van der Waals surface area contributed by atoms with Crippen LogP contribution in [0.4, 0.5) is 0 Å². The van der Waals surface area contributed by atoms with Gasteiger partial charge in [0.25, 0.3) is 0 Å². The maximum atomic E-state index is 13.1. The Morgan fingerprint density at radius 2 is 0.925 bits per heavy atom. The van der Waals surface area contributed by atoms with Gasteiger partial charge < -0.3 is 50.5 Å². The maximum Gasteiger partial charge on any atom is 0.249 e. The highest BCUT2D eigenvalue weighted by molar-refractivity contribution is 5.80. The van der Waals surface area contributed by atoms with Gasteiger partial charge in [-0.2, -0.15) is 0 Å². The number of amides is 1. The van der Waals surface area contributed by atoms with E-state index < -0.39 is 74.2 Å². The number of hydrogen-bond acceptors (Lipinski definition) is 10. The Morgan fingerprint density at radius 1 is 0.522 bits per heavy atom. The Hall–Kier alpha value is -1.67. The molecule has 9 atom stereocenters. The summed E-state index contributed by atoms with van der Waals surface area (Å²) in [4.78, 5) is 13.1. The molecule has 1 rings (SSSR count). The van der Waals surface area contributed by atoms with Crippen molar-refractivity contribution in [2.24, 2.45) is 0 Å². The molecule has 11 heteroatoms. The smallest absolute Gasteiger partial charge is 0.249 e. The monoisotopic (exact) mass is 952 g/mol. The van der Waals surface area contributed by atoms with Crippen molar-refractivity contribution < 1.29 is 50.0 Å². The number of ether oxygens (including phenoxy) is 2. The summed E-state index contributed by atoms with van der Waals surface area (Å²) >= 11 is 0. The molecule has 1 aliphatic rings. The van der Waals surface area contributed by atoms with Gasteiger partial charge in [-0.25, -0.2) is 0 Å². The van der Waals surface area contributed by atoms with Crippen LogP contribution in [0, 0.1) is 0 Å². The van der Waals surface area contributed by atoms with Crippen LogP contribution in [0.5, 0.6) is 0 Å². The van der Waals surface area contributed by atoms with E-state index in [0.29, 0.717) is 19.3 Å². The number of rotatable bonds is 47. The number of allylic oxidation sites excluding steroid dienone is 6. The molecule has 0 radical (unpaired) electrons. The lowest BCUT2D eigenvalue weighted by Crippen LogP contribution is -2.60. The number of unbranched alkanes of at least 4 members (excludes halogenated alkanes) is 29. The standard InChI is InChI=1S/C56H105NO10/c1-3-5-7-9-11-13-15-17-18-19-20-21-22-23-24-25-26-27-28-29-30-32-34-36-38-40-42-44-49(60)55(65)57-47(46-66-56-54(64)53(63)52(62)50(45-58)67-56)51(61)48(59)43-41-39-37-35-33-31-16-14-12-10-8-6-4-2/h6,8,14,16,35,37,47-54,56,58-64H,3-5,7,9-13,15,17-34,36,38-46H2,1-2H3,(H,57,65)/b8-6+,16-14+,37-35+. The number of nitrogens with one attached hydrogen (secondary N) is 1. The Balaban J connectivity index is 2.27. The van der Waals surface area contributed by atoms with Crippen LogP contribution in [0.2, 0.25) is 0 Å². The van der Waals surface area contributed by atoms with Crippen LogP contribution in [-0.2, 0) is 14.3 Å². The lowest BCUT2D eigenvalue weighted by molar-refractivity contribution is -0.303. The van der Waals surface area contributed by atoms with Crippen LogP contribution in [0.3, 0.4) is 0 Å². The topological polar surface area (TPSA) is 189 Å². The highest BCUT2D eigenvalue weighted by Gasteiger charge is 2.44. The van der Waals surface area contributed by atoms with Crippen LogP contribution in [0.25, 0.3) is 0 Å². The van der Waals surface area contributed by atoms with Crippen LogP contribution in [0.1, 0.15) is 245 Å². The molecular formula is C56H105NO10. The quantitative estimate of drug-likeness (QED) is 0.0215. The molecule has 1 heterocycles. The molecule has 0 aromatic rings. The molecule has 394 valence electrons. The third-order valence-electron chi connectivity index (χ3n) is 13.4. The van der Waals surface area contributed by atoms with Gasteiger partial charge in [-0.05, 0) is 57.8 Å². The fourth-order valence-corrected chi connectivity index (χ4v) is 8.89. The van der Waals surface area contributed by atoms with Gasteiger partial charge in [-0.3, -0.25) is 4.79 Å². The van der Waals surface area contributed by atoms with Crippen LogP contribution in [0.15, 0.2) is 36.5 Å². The van der Waals surface area contributed by atoms with Gasteiger partial charge in [0, 0.05) is 0 Å². The molecule has 0 aliphatic carbocycles. The van der Waals surface area contributed by atoms with E-state index in [1.54, 1.807) is 0 Å². The minimum absolute atomic E-state index is 0.241. The lowest BCUT2D eigenvalue weighted by Gasteiger charge is -2.40. The molecule has 1 fully saturated rings. The molecule has 8 N–H and O–H groups in total. The fraction of sp³-hybridized carbons (Fsp3) is 0.875. The largest absolute Gasteiger partial charge is 0.394 e. The van der Waals surface area contributed by atoms with E-state index >= 15 is 0 Å². The zero-order valence-corrected chi connectivity index (χ0v) is 42.9. The van der Waals surface area contributed by atoms with Crippen molar-refractivity contribution in [2.45, 2.75) is 300 Å². The van der Waals surface area contributed by atoms with E-state index in [1.165, 1.54) is 148 Å². The molecular weight excluding hydrogens is 847 g/mol. The molecule has 1 aliphatic heterocycles. The summed E-state index contributed by atoms with van der Waals surface area (Å²) in [5.74, 6) is -0.710. The number of aliphatic hydroxyl groups is 7. The molecule has 0 bridgehead atoms. The Labute approximate surface area is 409 Å². The average molecular weight is 952 g/mol. The second kappa shape index (κ2) is 45.5. The molecule has 1 amide bonds. The second-order valence-corrected chi connectivity index (χ2v) is 19.6. The molecule has 1 saturated heterocycles. The van der Waals surface area contributed by atoms with E-state index in [0.717, 1.165) is 51.4 Å². The molecule has 0 aromatic carbocycles. The Bertz CT molecular complexity index is 1180. The first kappa shape index (κ1) is 63.3. The van der Waals surface area contributed by atoms with Crippen molar-refractivity contribution in [1.29, 1.82) is 0 Å². The molecule has 0 spiro atoms. The highest BCUT2D eigenvalue weighted by atomic mass is 16.7. The number of carbonyl (C=O) groups excluding carboxylic acids is 1. The average Bonchev–Trinajstić information content (AvgIpc) is 3.33. The first-order valence-corrected chi connectivity index (χ1v) is 27.9. The van der Waals surface area contributed by atoms with Gasteiger partial charge in [-0.15, -0.1) is 0 Å².